The fourth-order valence-electron chi connectivity index (χ4n) is 3.40. The van der Waals surface area contributed by atoms with E-state index in [1.807, 2.05) is 20.8 Å². The average Bonchev–Trinajstić information content (AvgIpc) is 2.80. The maximum atomic E-state index is 8.92. The van der Waals surface area contributed by atoms with Crippen molar-refractivity contribution in [3.63, 3.8) is 0 Å². The van der Waals surface area contributed by atoms with Crippen molar-refractivity contribution in [1.82, 2.24) is 0 Å². The lowest BCUT2D eigenvalue weighted by Gasteiger charge is -2.18. The molecule has 0 amide bonds. The van der Waals surface area contributed by atoms with Crippen molar-refractivity contribution in [3.8, 4) is 0 Å². The van der Waals surface area contributed by atoms with Crippen LogP contribution in [0, 0.1) is 20.8 Å². The summed E-state index contributed by atoms with van der Waals surface area (Å²) in [5.41, 5.74) is 3.96. The molecule has 0 radical (unpaired) electrons. The van der Waals surface area contributed by atoms with Crippen LogP contribution in [0.1, 0.15) is 16.7 Å². The molecule has 4 rings (SSSR count). The van der Waals surface area contributed by atoms with Crippen LogP contribution in [0.25, 0.3) is 0 Å². The van der Waals surface area contributed by atoms with Gasteiger partial charge in [-0.3, -0.25) is 0 Å². The Balaban J connectivity index is 0.000000196. The maximum Gasteiger partial charge on any atom is 0.488 e. The molecule has 2 nitrogen and oxygen atoms in total. The largest absolute Gasteiger partial charge is 0.488 e. The van der Waals surface area contributed by atoms with E-state index in [1.165, 1.54) is 21.5 Å². The van der Waals surface area contributed by atoms with Crippen molar-refractivity contribution in [1.29, 1.82) is 0 Å². The highest BCUT2D eigenvalue weighted by Gasteiger charge is 2.15. The van der Waals surface area contributed by atoms with E-state index in [9.17, 15) is 0 Å². The molecular formula is C27H28BO2P. The minimum atomic E-state index is -1.36. The number of aryl methyl sites for hydroxylation is 2. The number of hydrogen-bond donors (Lipinski definition) is 2. The zero-order valence-corrected chi connectivity index (χ0v) is 19.1. The van der Waals surface area contributed by atoms with Crippen LogP contribution in [0.2, 0.25) is 0 Å². The molecule has 0 spiro atoms. The van der Waals surface area contributed by atoms with Gasteiger partial charge in [0.15, 0.2) is 0 Å². The van der Waals surface area contributed by atoms with E-state index in [4.69, 9.17) is 10.0 Å². The summed E-state index contributed by atoms with van der Waals surface area (Å²) in [5.74, 6) is 0. The topological polar surface area (TPSA) is 40.5 Å². The summed E-state index contributed by atoms with van der Waals surface area (Å²) < 4.78 is 0. The van der Waals surface area contributed by atoms with E-state index < -0.39 is 15.0 Å². The fraction of sp³-hybridized carbons (Fsp3) is 0.111. The van der Waals surface area contributed by atoms with Gasteiger partial charge >= 0.3 is 7.12 Å². The van der Waals surface area contributed by atoms with Gasteiger partial charge in [0.05, 0.1) is 0 Å². The lowest BCUT2D eigenvalue weighted by Crippen LogP contribution is -2.30. The van der Waals surface area contributed by atoms with Crippen LogP contribution in [-0.2, 0) is 0 Å². The van der Waals surface area contributed by atoms with E-state index in [-0.39, 0.29) is 0 Å². The summed E-state index contributed by atoms with van der Waals surface area (Å²) in [6.45, 7) is 5.96. The Labute approximate surface area is 187 Å². The summed E-state index contributed by atoms with van der Waals surface area (Å²) in [6.07, 6.45) is 0. The highest BCUT2D eigenvalue weighted by molar-refractivity contribution is 7.79. The van der Waals surface area contributed by atoms with Crippen LogP contribution in [0.3, 0.4) is 0 Å². The summed E-state index contributed by atoms with van der Waals surface area (Å²) >= 11 is 0. The van der Waals surface area contributed by atoms with Gasteiger partial charge in [-0.1, -0.05) is 103 Å². The van der Waals surface area contributed by atoms with Crippen molar-refractivity contribution in [2.24, 2.45) is 0 Å². The van der Waals surface area contributed by atoms with Gasteiger partial charge in [0, 0.05) is 0 Å². The molecule has 0 atom stereocenters. The van der Waals surface area contributed by atoms with Crippen molar-refractivity contribution in [3.05, 3.63) is 120 Å². The Morgan fingerprint density at radius 3 is 1.16 bits per heavy atom. The molecule has 0 saturated heterocycles. The SMILES string of the molecule is Cc1cc(B(O)O)cc(C)c1C.c1ccc(P(c2ccccc2)c2ccccc2)cc1. The van der Waals surface area contributed by atoms with Crippen LogP contribution < -0.4 is 21.4 Å². The van der Waals surface area contributed by atoms with E-state index in [2.05, 4.69) is 91.0 Å². The highest BCUT2D eigenvalue weighted by Crippen LogP contribution is 2.32. The van der Waals surface area contributed by atoms with E-state index in [1.54, 1.807) is 12.1 Å². The molecule has 0 bridgehead atoms. The van der Waals surface area contributed by atoms with E-state index in [0.717, 1.165) is 11.1 Å². The molecule has 0 aliphatic carbocycles. The van der Waals surface area contributed by atoms with Crippen LogP contribution >= 0.6 is 7.92 Å². The molecule has 0 saturated carbocycles. The summed E-state index contributed by atoms with van der Waals surface area (Å²) in [6, 6.07) is 35.9. The van der Waals surface area contributed by atoms with Crippen LogP contribution in [0.4, 0.5) is 0 Å². The molecule has 0 aromatic heterocycles. The minimum Gasteiger partial charge on any atom is -0.423 e. The van der Waals surface area contributed by atoms with Gasteiger partial charge in [-0.05, 0) is 66.8 Å². The molecule has 4 heteroatoms. The average molecular weight is 426 g/mol. The maximum absolute atomic E-state index is 8.92. The molecule has 31 heavy (non-hydrogen) atoms. The first-order valence-corrected chi connectivity index (χ1v) is 11.7. The van der Waals surface area contributed by atoms with Crippen LogP contribution in [-0.4, -0.2) is 17.2 Å². The molecular weight excluding hydrogens is 398 g/mol. The third-order valence-corrected chi connectivity index (χ3v) is 7.73. The van der Waals surface area contributed by atoms with Crippen molar-refractivity contribution < 1.29 is 10.0 Å². The third-order valence-electron chi connectivity index (χ3n) is 5.29. The summed E-state index contributed by atoms with van der Waals surface area (Å²) in [7, 11) is -1.80. The van der Waals surface area contributed by atoms with Gasteiger partial charge in [0.25, 0.3) is 0 Å². The normalized spacial score (nSPS) is 10.4. The molecule has 4 aromatic carbocycles. The minimum absolute atomic E-state index is 0.446. The quantitative estimate of drug-likeness (QED) is 0.386. The first-order valence-electron chi connectivity index (χ1n) is 10.4. The van der Waals surface area contributed by atoms with Crippen molar-refractivity contribution >= 4 is 36.4 Å². The molecule has 0 aliphatic heterocycles. The first-order chi connectivity index (χ1) is 15.0. The van der Waals surface area contributed by atoms with Crippen molar-refractivity contribution in [2.45, 2.75) is 20.8 Å². The molecule has 0 aliphatic rings. The Kier molecular flexibility index (Phi) is 8.20. The third kappa shape index (κ3) is 6.15. The van der Waals surface area contributed by atoms with Gasteiger partial charge in [-0.25, -0.2) is 0 Å². The second-order valence-corrected chi connectivity index (χ2v) is 9.72. The first kappa shape index (κ1) is 23.0. The predicted molar refractivity (Wildman–Crippen MR) is 136 cm³/mol. The number of hydrogen-bond acceptors (Lipinski definition) is 2. The molecule has 0 heterocycles. The smallest absolute Gasteiger partial charge is 0.423 e. The monoisotopic (exact) mass is 426 g/mol. The summed E-state index contributed by atoms with van der Waals surface area (Å²) in [5, 5.41) is 22.0. The zero-order valence-electron chi connectivity index (χ0n) is 18.2. The van der Waals surface area contributed by atoms with Gasteiger partial charge in [-0.15, -0.1) is 0 Å². The van der Waals surface area contributed by atoms with Crippen molar-refractivity contribution in [2.75, 3.05) is 0 Å². The Morgan fingerprint density at radius 2 is 0.871 bits per heavy atom. The van der Waals surface area contributed by atoms with Gasteiger partial charge in [0.1, 0.15) is 0 Å². The second-order valence-electron chi connectivity index (χ2n) is 7.50. The van der Waals surface area contributed by atoms with E-state index in [0.29, 0.717) is 5.46 Å². The zero-order chi connectivity index (χ0) is 22.2. The van der Waals surface area contributed by atoms with Gasteiger partial charge in [-0.2, -0.15) is 0 Å². The predicted octanol–water partition coefficient (Wildman–Crippen LogP) is 3.74. The molecule has 156 valence electrons. The number of benzene rings is 4. The van der Waals surface area contributed by atoms with E-state index >= 15 is 0 Å². The molecule has 4 aromatic rings. The Hall–Kier alpha value is -2.71. The molecule has 0 fully saturated rings. The summed E-state index contributed by atoms with van der Waals surface area (Å²) in [4.78, 5) is 0. The second kappa shape index (κ2) is 11.1. The fourth-order valence-corrected chi connectivity index (χ4v) is 5.70. The van der Waals surface area contributed by atoms with Gasteiger partial charge < -0.3 is 10.0 Å². The van der Waals surface area contributed by atoms with Crippen LogP contribution in [0.5, 0.6) is 0 Å². The molecule has 2 N–H and O–H groups in total. The van der Waals surface area contributed by atoms with Gasteiger partial charge in [0.2, 0.25) is 0 Å². The lowest BCUT2D eigenvalue weighted by molar-refractivity contribution is 0.425. The number of rotatable bonds is 4. The van der Waals surface area contributed by atoms with Crippen LogP contribution in [0.15, 0.2) is 103 Å². The molecule has 0 unspecified atom stereocenters. The Bertz CT molecular complexity index is 967. The lowest BCUT2D eigenvalue weighted by atomic mass is 9.78. The highest BCUT2D eigenvalue weighted by atomic mass is 31.1. The Morgan fingerprint density at radius 1 is 0.548 bits per heavy atom. The standard InChI is InChI=1S/C18H15P.C9H13BO2/c1-4-10-16(11-5-1)19(17-12-6-2-7-13-17)18-14-8-3-9-15-18;1-6-4-9(10(11)12)5-7(2)8(6)3/h1-15H;4-5,11-12H,1-3H3.